The third-order valence-electron chi connectivity index (χ3n) is 1.38. The van der Waals surface area contributed by atoms with Gasteiger partial charge in [-0.15, -0.1) is 0 Å². The van der Waals surface area contributed by atoms with Gasteiger partial charge in [0.15, 0.2) is 0 Å². The Bertz CT molecular complexity index is 66.3. The predicted octanol–water partition coefficient (Wildman–Crippen LogP) is 2.29. The van der Waals surface area contributed by atoms with Crippen LogP contribution in [0.25, 0.3) is 0 Å². The van der Waals surface area contributed by atoms with Crippen molar-refractivity contribution >= 4 is 21.1 Å². The number of rotatable bonds is 6. The van der Waals surface area contributed by atoms with E-state index >= 15 is 0 Å². The first-order valence-electron chi connectivity index (χ1n) is 4.16. The summed E-state index contributed by atoms with van der Waals surface area (Å²) < 4.78 is 7.59. The van der Waals surface area contributed by atoms with Gasteiger partial charge >= 0.3 is 74.7 Å². The Morgan fingerprint density at radius 3 is 2.60 bits per heavy atom. The molecule has 0 aromatic rings. The summed E-state index contributed by atoms with van der Waals surface area (Å²) in [6.45, 7) is 7.46. The van der Waals surface area contributed by atoms with Gasteiger partial charge in [0.25, 0.3) is 0 Å². The molecule has 0 bridgehead atoms. The first kappa shape index (κ1) is 10.8. The molecule has 1 unspecified atom stereocenters. The van der Waals surface area contributed by atoms with Gasteiger partial charge in [0.1, 0.15) is 0 Å². The molecule has 0 aromatic carbocycles. The van der Waals surface area contributed by atoms with Gasteiger partial charge in [-0.25, -0.2) is 0 Å². The van der Waals surface area contributed by atoms with Crippen molar-refractivity contribution in [2.45, 2.75) is 42.2 Å². The number of ether oxygens (including phenoxy) is 1. The van der Waals surface area contributed by atoms with Crippen molar-refractivity contribution in [1.29, 1.82) is 0 Å². The molecule has 1 atom stereocenters. The summed E-state index contributed by atoms with van der Waals surface area (Å²) in [4.78, 5) is 0. The minimum absolute atomic E-state index is 0.162. The fourth-order valence-corrected chi connectivity index (χ4v) is 4.36. The first-order chi connectivity index (χ1) is 4.81. The summed E-state index contributed by atoms with van der Waals surface area (Å²) in [5, 5.41) is 0. The molecule has 0 fully saturated rings. The number of unbranched alkanes of at least 4 members (excludes halogenated alkanes) is 1. The van der Waals surface area contributed by atoms with Crippen LogP contribution in [0.15, 0.2) is 0 Å². The van der Waals surface area contributed by atoms with Crippen molar-refractivity contribution in [3.8, 4) is 0 Å². The van der Waals surface area contributed by atoms with Crippen LogP contribution < -0.4 is 0 Å². The van der Waals surface area contributed by atoms with E-state index in [1.165, 1.54) is 17.3 Å². The molecule has 0 heterocycles. The molecule has 0 spiro atoms. The van der Waals surface area contributed by atoms with Crippen LogP contribution in [-0.2, 0) is 4.74 Å². The van der Waals surface area contributed by atoms with Crippen LogP contribution in [-0.4, -0.2) is 31.9 Å². The molecule has 60 valence electrons. The Labute approximate surface area is 74.8 Å². The molecule has 0 aromatic heterocycles. The number of hydrogen-bond donors (Lipinski definition) is 0. The van der Waals surface area contributed by atoms with Crippen LogP contribution in [0.4, 0.5) is 0 Å². The van der Waals surface area contributed by atoms with E-state index in [1.54, 1.807) is 0 Å². The Morgan fingerprint density at radius 2 is 2.10 bits per heavy atom. The molecule has 0 aliphatic heterocycles. The topological polar surface area (TPSA) is 9.23 Å². The fourth-order valence-electron chi connectivity index (χ4n) is 0.791. The first-order valence-corrected chi connectivity index (χ1v) is 7.82. The van der Waals surface area contributed by atoms with Crippen molar-refractivity contribution in [2.75, 3.05) is 6.61 Å². The minimum atomic E-state index is -0.162. The average molecular weight is 249 g/mol. The second-order valence-electron chi connectivity index (χ2n) is 2.41. The van der Waals surface area contributed by atoms with Crippen molar-refractivity contribution in [3.05, 3.63) is 0 Å². The average Bonchev–Trinajstić information content (AvgIpc) is 1.89. The van der Waals surface area contributed by atoms with E-state index in [0.29, 0.717) is 4.12 Å². The summed E-state index contributed by atoms with van der Waals surface area (Å²) in [5.74, 6) is 0. The Kier molecular flexibility index (Phi) is 8.46. The predicted molar refractivity (Wildman–Crippen MR) is 46.6 cm³/mol. The quantitative estimate of drug-likeness (QED) is 0.518. The normalized spacial score (nSPS) is 13.5. The third kappa shape index (κ3) is 6.87. The van der Waals surface area contributed by atoms with Crippen LogP contribution in [0, 0.1) is 0 Å². The number of hydrogen-bond acceptors (Lipinski definition) is 1. The molecule has 0 amide bonds. The van der Waals surface area contributed by atoms with Gasteiger partial charge in [-0.1, -0.05) is 0 Å². The maximum absolute atomic E-state index is 5.46. The monoisotopic (exact) mass is 250 g/mol. The zero-order valence-electron chi connectivity index (χ0n) is 7.31. The van der Waals surface area contributed by atoms with Gasteiger partial charge in [0.2, 0.25) is 0 Å². The Hall–Kier alpha value is 0.759. The van der Waals surface area contributed by atoms with Gasteiger partial charge in [-0.05, 0) is 0 Å². The van der Waals surface area contributed by atoms with E-state index in [0.717, 1.165) is 6.61 Å². The summed E-state index contributed by atoms with van der Waals surface area (Å²) in [7, 11) is 0. The van der Waals surface area contributed by atoms with Crippen LogP contribution in [0.1, 0.15) is 33.6 Å². The van der Waals surface area contributed by atoms with E-state index in [2.05, 4.69) is 20.8 Å². The summed E-state index contributed by atoms with van der Waals surface area (Å²) >= 11 is -0.162. The van der Waals surface area contributed by atoms with Crippen molar-refractivity contribution < 1.29 is 4.74 Å². The fraction of sp³-hybridized carbons (Fsp3) is 1.00. The Balaban J connectivity index is 2.97. The second-order valence-corrected chi connectivity index (χ2v) is 7.32. The van der Waals surface area contributed by atoms with E-state index in [9.17, 15) is 0 Å². The van der Waals surface area contributed by atoms with Crippen LogP contribution in [0.2, 0.25) is 4.44 Å². The van der Waals surface area contributed by atoms with Crippen molar-refractivity contribution in [2.24, 2.45) is 0 Å². The molecule has 10 heavy (non-hydrogen) atoms. The van der Waals surface area contributed by atoms with Gasteiger partial charge in [0.05, 0.1) is 0 Å². The molecule has 0 saturated carbocycles. The van der Waals surface area contributed by atoms with Gasteiger partial charge in [-0.3, -0.25) is 0 Å². The third-order valence-corrected chi connectivity index (χ3v) is 5.33. The molecule has 0 aliphatic rings. The van der Waals surface area contributed by atoms with E-state index in [1.807, 2.05) is 0 Å². The summed E-state index contributed by atoms with van der Waals surface area (Å²) in [6, 6.07) is 0. The zero-order chi connectivity index (χ0) is 7.82. The van der Waals surface area contributed by atoms with E-state index in [-0.39, 0.29) is 21.1 Å². The Morgan fingerprint density at radius 1 is 1.40 bits per heavy atom. The molecule has 0 saturated heterocycles. The molecule has 1 nitrogen and oxygen atoms in total. The van der Waals surface area contributed by atoms with Gasteiger partial charge in [-0.2, -0.15) is 0 Å². The van der Waals surface area contributed by atoms with Crippen molar-refractivity contribution in [1.82, 2.24) is 0 Å². The van der Waals surface area contributed by atoms with Crippen LogP contribution in [0.3, 0.4) is 0 Å². The molecule has 2 radical (unpaired) electrons. The van der Waals surface area contributed by atoms with E-state index < -0.39 is 0 Å². The summed E-state index contributed by atoms with van der Waals surface area (Å²) in [6.07, 6.45) is 2.77. The van der Waals surface area contributed by atoms with E-state index in [4.69, 9.17) is 4.74 Å². The molecule has 0 rings (SSSR count). The van der Waals surface area contributed by atoms with Crippen molar-refractivity contribution in [3.63, 3.8) is 0 Å². The maximum atomic E-state index is 5.46. The van der Waals surface area contributed by atoms with Gasteiger partial charge < -0.3 is 0 Å². The second kappa shape index (κ2) is 7.86. The van der Waals surface area contributed by atoms with Crippen LogP contribution >= 0.6 is 0 Å². The summed E-state index contributed by atoms with van der Waals surface area (Å²) in [5.41, 5.74) is 0. The molecule has 0 aliphatic carbocycles. The molecule has 2 heteroatoms. The molecule has 0 N–H and O–H groups in total. The zero-order valence-corrected chi connectivity index (χ0v) is 10.2. The SMILES string of the molecule is CCC[CH2][Sn][CH](C)OCC. The molecular weight excluding hydrogens is 231 g/mol. The molecular formula is C8H18OSn. The van der Waals surface area contributed by atoms with Gasteiger partial charge in [0, 0.05) is 0 Å². The standard InChI is InChI=1S/C4H9O.C4H9.Sn/c1-3-5-4-2;1-3-4-2;/h3H,4H2,1-2H3;1,3-4H2,2H3;. The van der Waals surface area contributed by atoms with Crippen LogP contribution in [0.5, 0.6) is 0 Å².